The lowest BCUT2D eigenvalue weighted by Gasteiger charge is -2.11. The molecule has 1 aliphatic rings. The molecule has 1 aliphatic carbocycles. The van der Waals surface area contributed by atoms with Gasteiger partial charge in [0.15, 0.2) is 0 Å². The molecule has 4 aromatic heterocycles. The molecule has 0 aliphatic heterocycles. The molecule has 5 rings (SSSR count). The summed E-state index contributed by atoms with van der Waals surface area (Å²) in [6.07, 6.45) is 8.03. The number of aryl methyl sites for hydroxylation is 2. The van der Waals surface area contributed by atoms with Gasteiger partial charge in [-0.05, 0) is 54.0 Å². The number of pyridine rings is 3. The lowest BCUT2D eigenvalue weighted by atomic mass is 10.0. The number of hydrogen-bond donors (Lipinski definition) is 2. The summed E-state index contributed by atoms with van der Waals surface area (Å²) in [4.78, 5) is 26.1. The number of hydrogen-bond acceptors (Lipinski definition) is 7. The second-order valence-corrected chi connectivity index (χ2v) is 8.49. The zero-order valence-electron chi connectivity index (χ0n) is 18.7. The lowest BCUT2D eigenvalue weighted by molar-refractivity contribution is -0.117. The van der Waals surface area contributed by atoms with Gasteiger partial charge in [-0.2, -0.15) is 5.10 Å². The summed E-state index contributed by atoms with van der Waals surface area (Å²) in [7, 11) is 3.52. The maximum atomic E-state index is 12.8. The molecule has 4 heterocycles. The van der Waals surface area contributed by atoms with E-state index >= 15 is 0 Å². The number of anilines is 2. The SMILES string of the molecule is COCc1cc(C)c(-c2cc3cc(NC(=O)[C@H]4C[C@@H]4c4cnn(C)c4)ncc3c(N)n2)cn1. The van der Waals surface area contributed by atoms with E-state index in [1.165, 1.54) is 0 Å². The molecule has 9 nitrogen and oxygen atoms in total. The first-order valence-corrected chi connectivity index (χ1v) is 10.7. The number of nitrogens with zero attached hydrogens (tertiary/aromatic N) is 5. The number of ether oxygens (including phenoxy) is 1. The van der Waals surface area contributed by atoms with Gasteiger partial charge in [-0.3, -0.25) is 14.5 Å². The maximum absolute atomic E-state index is 12.8. The summed E-state index contributed by atoms with van der Waals surface area (Å²) in [5.41, 5.74) is 10.8. The van der Waals surface area contributed by atoms with Crippen LogP contribution < -0.4 is 11.1 Å². The highest BCUT2D eigenvalue weighted by molar-refractivity contribution is 5.98. The Hall–Kier alpha value is -3.85. The molecule has 9 heteroatoms. The van der Waals surface area contributed by atoms with Crippen LogP contribution in [0.4, 0.5) is 11.6 Å². The van der Waals surface area contributed by atoms with Gasteiger partial charge in [0.25, 0.3) is 0 Å². The van der Waals surface area contributed by atoms with Crippen molar-refractivity contribution in [2.75, 3.05) is 18.2 Å². The monoisotopic (exact) mass is 443 g/mol. The Balaban J connectivity index is 1.39. The van der Waals surface area contributed by atoms with Gasteiger partial charge in [-0.1, -0.05) is 0 Å². The number of methoxy groups -OCH3 is 1. The average molecular weight is 444 g/mol. The van der Waals surface area contributed by atoms with Gasteiger partial charge in [0.2, 0.25) is 5.91 Å². The molecule has 0 saturated heterocycles. The van der Waals surface area contributed by atoms with Gasteiger partial charge < -0.3 is 15.8 Å². The third-order valence-electron chi connectivity index (χ3n) is 6.01. The molecule has 1 fully saturated rings. The molecule has 168 valence electrons. The van der Waals surface area contributed by atoms with Crippen LogP contribution >= 0.6 is 0 Å². The largest absolute Gasteiger partial charge is 0.383 e. The van der Waals surface area contributed by atoms with Gasteiger partial charge in [0.05, 0.1) is 24.2 Å². The third-order valence-corrected chi connectivity index (χ3v) is 6.01. The fraction of sp³-hybridized carbons (Fsp3) is 0.292. The molecule has 2 atom stereocenters. The summed E-state index contributed by atoms with van der Waals surface area (Å²) >= 11 is 0. The third kappa shape index (κ3) is 4.14. The Kier molecular flexibility index (Phi) is 5.26. The Morgan fingerprint density at radius 2 is 2.09 bits per heavy atom. The number of amides is 1. The molecular weight excluding hydrogens is 418 g/mol. The van der Waals surface area contributed by atoms with E-state index in [-0.39, 0.29) is 17.7 Å². The van der Waals surface area contributed by atoms with Crippen LogP contribution in [0.2, 0.25) is 0 Å². The minimum Gasteiger partial charge on any atom is -0.383 e. The van der Waals surface area contributed by atoms with Gasteiger partial charge in [-0.15, -0.1) is 0 Å². The topological polar surface area (TPSA) is 121 Å². The van der Waals surface area contributed by atoms with Gasteiger partial charge in [0.1, 0.15) is 11.6 Å². The Morgan fingerprint density at radius 3 is 2.82 bits per heavy atom. The minimum atomic E-state index is -0.0656. The molecular formula is C24H25N7O2. The molecule has 0 radical (unpaired) electrons. The van der Waals surface area contributed by atoms with Crippen molar-refractivity contribution in [3.63, 3.8) is 0 Å². The Bertz CT molecular complexity index is 1360. The Morgan fingerprint density at radius 1 is 1.24 bits per heavy atom. The van der Waals surface area contributed by atoms with Crippen molar-refractivity contribution in [2.24, 2.45) is 13.0 Å². The van der Waals surface area contributed by atoms with Gasteiger partial charge >= 0.3 is 0 Å². The van der Waals surface area contributed by atoms with Crippen molar-refractivity contribution in [1.82, 2.24) is 24.7 Å². The van der Waals surface area contributed by atoms with Crippen molar-refractivity contribution >= 4 is 28.3 Å². The van der Waals surface area contributed by atoms with E-state index in [1.807, 2.05) is 44.6 Å². The highest BCUT2D eigenvalue weighted by Gasteiger charge is 2.44. The molecule has 1 amide bonds. The number of nitrogens with one attached hydrogen (secondary N) is 1. The number of nitrogens with two attached hydrogens (primary N) is 1. The maximum Gasteiger partial charge on any atom is 0.229 e. The van der Waals surface area contributed by atoms with Crippen LogP contribution in [0.3, 0.4) is 0 Å². The minimum absolute atomic E-state index is 0.0354. The number of aromatic nitrogens is 5. The molecule has 33 heavy (non-hydrogen) atoms. The smallest absolute Gasteiger partial charge is 0.229 e. The first-order chi connectivity index (χ1) is 15.9. The number of rotatable bonds is 6. The van der Waals surface area contributed by atoms with Crippen molar-refractivity contribution in [2.45, 2.75) is 25.9 Å². The van der Waals surface area contributed by atoms with Crippen LogP contribution in [0.1, 0.15) is 29.2 Å². The summed E-state index contributed by atoms with van der Waals surface area (Å²) in [6.45, 7) is 2.45. The number of nitrogen functional groups attached to an aromatic ring is 1. The molecule has 4 aromatic rings. The number of carbonyl (C=O) groups excluding carboxylic acids is 1. The molecule has 0 bridgehead atoms. The van der Waals surface area contributed by atoms with Crippen molar-refractivity contribution in [1.29, 1.82) is 0 Å². The Labute approximate surface area is 191 Å². The van der Waals surface area contributed by atoms with E-state index in [9.17, 15) is 4.79 Å². The standard InChI is InChI=1S/C24H25N7O2/c1-13-4-16(12-33-3)26-9-19(13)21-5-14-6-22(27-10-20(14)23(25)29-21)30-24(32)18-7-17(18)15-8-28-31(2)11-15/h4-6,8-11,17-18H,7,12H2,1-3H3,(H2,25,29)(H,27,30,32)/t17-,18+/m1/s1. The van der Waals surface area contributed by atoms with Crippen LogP contribution in [0.25, 0.3) is 22.0 Å². The van der Waals surface area contributed by atoms with E-state index in [4.69, 9.17) is 10.5 Å². The van der Waals surface area contributed by atoms with Crippen molar-refractivity contribution in [3.8, 4) is 11.3 Å². The predicted molar refractivity (Wildman–Crippen MR) is 125 cm³/mol. The zero-order valence-corrected chi connectivity index (χ0v) is 18.7. The highest BCUT2D eigenvalue weighted by Crippen LogP contribution is 2.47. The molecule has 0 aromatic carbocycles. The lowest BCUT2D eigenvalue weighted by Crippen LogP contribution is -2.15. The summed E-state index contributed by atoms with van der Waals surface area (Å²) in [5, 5.41) is 8.73. The molecule has 0 spiro atoms. The molecule has 0 unspecified atom stereocenters. The van der Waals surface area contributed by atoms with E-state index < -0.39 is 0 Å². The van der Waals surface area contributed by atoms with E-state index in [2.05, 4.69) is 25.4 Å². The fourth-order valence-electron chi connectivity index (χ4n) is 4.19. The highest BCUT2D eigenvalue weighted by atomic mass is 16.5. The van der Waals surface area contributed by atoms with E-state index in [1.54, 1.807) is 24.2 Å². The zero-order chi connectivity index (χ0) is 23.1. The van der Waals surface area contributed by atoms with Crippen LogP contribution in [-0.2, 0) is 23.2 Å². The average Bonchev–Trinajstić information content (AvgIpc) is 3.47. The summed E-state index contributed by atoms with van der Waals surface area (Å²) in [5.74, 6) is 0.983. The van der Waals surface area contributed by atoms with Crippen LogP contribution in [0, 0.1) is 12.8 Å². The molecule has 1 saturated carbocycles. The van der Waals surface area contributed by atoms with E-state index in [0.29, 0.717) is 18.2 Å². The summed E-state index contributed by atoms with van der Waals surface area (Å²) < 4.78 is 6.92. The summed E-state index contributed by atoms with van der Waals surface area (Å²) in [6, 6.07) is 5.75. The van der Waals surface area contributed by atoms with Crippen molar-refractivity contribution < 1.29 is 9.53 Å². The van der Waals surface area contributed by atoms with E-state index in [0.717, 1.165) is 45.3 Å². The first kappa shape index (κ1) is 21.0. The number of carbonyl (C=O) groups is 1. The van der Waals surface area contributed by atoms with Crippen LogP contribution in [0.5, 0.6) is 0 Å². The molecule has 3 N–H and O–H groups in total. The van der Waals surface area contributed by atoms with Gasteiger partial charge in [0, 0.05) is 49.6 Å². The first-order valence-electron chi connectivity index (χ1n) is 10.7. The fourth-order valence-corrected chi connectivity index (χ4v) is 4.19. The van der Waals surface area contributed by atoms with Crippen molar-refractivity contribution in [3.05, 3.63) is 59.8 Å². The van der Waals surface area contributed by atoms with Gasteiger partial charge in [-0.25, -0.2) is 9.97 Å². The van der Waals surface area contributed by atoms with Crippen LogP contribution in [0.15, 0.2) is 43.0 Å². The normalized spacial score (nSPS) is 17.3. The second-order valence-electron chi connectivity index (χ2n) is 8.49. The quantitative estimate of drug-likeness (QED) is 0.469. The number of fused-ring (bicyclic) bond motifs is 1. The van der Waals surface area contributed by atoms with Crippen LogP contribution in [-0.4, -0.2) is 37.7 Å². The second kappa shape index (κ2) is 8.25. The predicted octanol–water partition coefficient (Wildman–Crippen LogP) is 3.20.